The first-order valence-corrected chi connectivity index (χ1v) is 6.29. The minimum atomic E-state index is 0.577. The highest BCUT2D eigenvalue weighted by atomic mass is 15.0. The number of hydrogen-bond acceptors (Lipinski definition) is 1. The van der Waals surface area contributed by atoms with Gasteiger partial charge in [0.05, 0.1) is 0 Å². The van der Waals surface area contributed by atoms with E-state index in [1.165, 1.54) is 32.1 Å². The Labute approximate surface area is 87.7 Å². The molecule has 4 fully saturated rings. The molecule has 0 aromatic carbocycles. The molecule has 1 unspecified atom stereocenters. The molecular formula is C13H23N. The molecule has 4 saturated carbocycles. The summed E-state index contributed by atoms with van der Waals surface area (Å²) in [5, 5.41) is 3.61. The van der Waals surface area contributed by atoms with Gasteiger partial charge in [0.1, 0.15) is 0 Å². The van der Waals surface area contributed by atoms with E-state index in [4.69, 9.17) is 0 Å². The molecule has 0 aliphatic heterocycles. The largest absolute Gasteiger partial charge is 0.314 e. The highest BCUT2D eigenvalue weighted by Crippen LogP contribution is 2.66. The van der Waals surface area contributed by atoms with E-state index in [0.29, 0.717) is 11.0 Å². The number of fused-ring (bicyclic) bond motifs is 2. The first-order valence-electron chi connectivity index (χ1n) is 6.29. The maximum atomic E-state index is 3.61. The fourth-order valence-electron chi connectivity index (χ4n) is 4.41. The third-order valence-electron chi connectivity index (χ3n) is 5.85. The van der Waals surface area contributed by atoms with Gasteiger partial charge in [0.15, 0.2) is 0 Å². The molecule has 80 valence electrons. The summed E-state index contributed by atoms with van der Waals surface area (Å²) < 4.78 is 0. The zero-order valence-corrected chi connectivity index (χ0v) is 9.77. The quantitative estimate of drug-likeness (QED) is 0.711. The lowest BCUT2D eigenvalue weighted by Crippen LogP contribution is -2.57. The van der Waals surface area contributed by atoms with Crippen LogP contribution in [-0.4, -0.2) is 12.6 Å². The summed E-state index contributed by atoms with van der Waals surface area (Å²) >= 11 is 0. The van der Waals surface area contributed by atoms with Crippen LogP contribution >= 0.6 is 0 Å². The molecule has 0 spiro atoms. The Balaban J connectivity index is 1.82. The standard InChI is InChI=1S/C13H23N/c1-12(2)9-4-5-10(11(12)8-9)13(14-3)6-7-13/h9-11,14H,4-8H2,1-3H3/t9-,10?,11-/m0/s1. The van der Waals surface area contributed by atoms with Crippen LogP contribution in [0.25, 0.3) is 0 Å². The minimum Gasteiger partial charge on any atom is -0.314 e. The Morgan fingerprint density at radius 3 is 2.21 bits per heavy atom. The lowest BCUT2D eigenvalue weighted by atomic mass is 9.44. The monoisotopic (exact) mass is 193 g/mol. The van der Waals surface area contributed by atoms with Crippen LogP contribution in [0.4, 0.5) is 0 Å². The van der Waals surface area contributed by atoms with Crippen LogP contribution in [0.5, 0.6) is 0 Å². The Morgan fingerprint density at radius 1 is 1.07 bits per heavy atom. The molecule has 0 saturated heterocycles. The van der Waals surface area contributed by atoms with Gasteiger partial charge < -0.3 is 5.32 Å². The highest BCUT2D eigenvalue weighted by Gasteiger charge is 2.61. The zero-order chi connectivity index (χ0) is 9.97. The third kappa shape index (κ3) is 0.946. The Morgan fingerprint density at radius 2 is 1.79 bits per heavy atom. The summed E-state index contributed by atoms with van der Waals surface area (Å²) in [6.45, 7) is 5.01. The SMILES string of the molecule is CNC1(C2CC[C@H]3C[C@@H]2C3(C)C)CC1. The normalized spacial score (nSPS) is 46.9. The van der Waals surface area contributed by atoms with E-state index < -0.39 is 0 Å². The molecule has 1 nitrogen and oxygen atoms in total. The summed E-state index contributed by atoms with van der Waals surface area (Å²) in [5.74, 6) is 3.07. The van der Waals surface area contributed by atoms with E-state index >= 15 is 0 Å². The van der Waals surface area contributed by atoms with Crippen molar-refractivity contribution in [3.63, 3.8) is 0 Å². The van der Waals surface area contributed by atoms with Gasteiger partial charge in [-0.2, -0.15) is 0 Å². The van der Waals surface area contributed by atoms with Gasteiger partial charge in [-0.3, -0.25) is 0 Å². The average Bonchev–Trinajstić information content (AvgIpc) is 2.98. The van der Waals surface area contributed by atoms with Crippen molar-refractivity contribution in [1.82, 2.24) is 5.32 Å². The number of hydrogen-bond donors (Lipinski definition) is 1. The Kier molecular flexibility index (Phi) is 1.68. The second kappa shape index (κ2) is 2.55. The topological polar surface area (TPSA) is 12.0 Å². The van der Waals surface area contributed by atoms with E-state index in [1.807, 2.05) is 0 Å². The van der Waals surface area contributed by atoms with Crippen LogP contribution in [0.15, 0.2) is 0 Å². The first kappa shape index (κ1) is 9.21. The molecule has 0 heterocycles. The van der Waals surface area contributed by atoms with E-state index in [9.17, 15) is 0 Å². The van der Waals surface area contributed by atoms with Crippen molar-refractivity contribution in [3.05, 3.63) is 0 Å². The molecule has 1 heteroatoms. The molecule has 4 aliphatic carbocycles. The van der Waals surface area contributed by atoms with Crippen LogP contribution in [0.2, 0.25) is 0 Å². The molecule has 0 radical (unpaired) electrons. The number of rotatable bonds is 2. The minimum absolute atomic E-state index is 0.577. The van der Waals surface area contributed by atoms with Gasteiger partial charge in [0, 0.05) is 5.54 Å². The summed E-state index contributed by atoms with van der Waals surface area (Å²) in [4.78, 5) is 0. The van der Waals surface area contributed by atoms with Gasteiger partial charge in [-0.1, -0.05) is 13.8 Å². The molecule has 3 atom stereocenters. The average molecular weight is 193 g/mol. The number of nitrogens with one attached hydrogen (secondary N) is 1. The lowest BCUT2D eigenvalue weighted by Gasteiger charge is -2.62. The van der Waals surface area contributed by atoms with Crippen molar-refractivity contribution in [3.8, 4) is 0 Å². The van der Waals surface area contributed by atoms with Crippen LogP contribution in [0, 0.1) is 23.2 Å². The highest BCUT2D eigenvalue weighted by molar-refractivity contribution is 5.15. The predicted molar refractivity (Wildman–Crippen MR) is 59.1 cm³/mol. The smallest absolute Gasteiger partial charge is 0.0210 e. The molecule has 0 aromatic rings. The van der Waals surface area contributed by atoms with Crippen molar-refractivity contribution in [1.29, 1.82) is 0 Å². The van der Waals surface area contributed by atoms with E-state index in [0.717, 1.165) is 17.8 Å². The molecule has 1 N–H and O–H groups in total. The van der Waals surface area contributed by atoms with Gasteiger partial charge in [-0.05, 0) is 62.3 Å². The summed E-state index contributed by atoms with van der Waals surface area (Å²) in [5.41, 5.74) is 1.24. The zero-order valence-electron chi connectivity index (χ0n) is 9.77. The maximum absolute atomic E-state index is 3.61. The van der Waals surface area contributed by atoms with Crippen LogP contribution in [0.3, 0.4) is 0 Å². The van der Waals surface area contributed by atoms with E-state index in [2.05, 4.69) is 26.2 Å². The van der Waals surface area contributed by atoms with E-state index in [1.54, 1.807) is 0 Å². The van der Waals surface area contributed by atoms with Crippen LogP contribution in [0.1, 0.15) is 46.0 Å². The molecule has 14 heavy (non-hydrogen) atoms. The molecule has 4 rings (SSSR count). The van der Waals surface area contributed by atoms with Crippen molar-refractivity contribution in [2.24, 2.45) is 23.2 Å². The fourth-order valence-corrected chi connectivity index (χ4v) is 4.41. The molecule has 2 bridgehead atoms. The molecule has 0 aromatic heterocycles. The second-order valence-electron chi connectivity index (χ2n) is 6.45. The molecular weight excluding hydrogens is 170 g/mol. The van der Waals surface area contributed by atoms with Crippen LogP contribution < -0.4 is 5.32 Å². The second-order valence-corrected chi connectivity index (χ2v) is 6.45. The van der Waals surface area contributed by atoms with Gasteiger partial charge >= 0.3 is 0 Å². The summed E-state index contributed by atoms with van der Waals surface area (Å²) in [7, 11) is 2.17. The third-order valence-corrected chi connectivity index (χ3v) is 5.85. The van der Waals surface area contributed by atoms with Crippen molar-refractivity contribution in [2.45, 2.75) is 51.5 Å². The van der Waals surface area contributed by atoms with Crippen LogP contribution in [-0.2, 0) is 0 Å². The van der Waals surface area contributed by atoms with Gasteiger partial charge in [0.25, 0.3) is 0 Å². The first-order chi connectivity index (χ1) is 6.60. The molecule has 0 amide bonds. The molecule has 4 aliphatic rings. The Hall–Kier alpha value is -0.0400. The Bertz CT molecular complexity index is 250. The summed E-state index contributed by atoms with van der Waals surface area (Å²) in [6, 6.07) is 0. The maximum Gasteiger partial charge on any atom is 0.0210 e. The summed E-state index contributed by atoms with van der Waals surface area (Å²) in [6.07, 6.45) is 7.40. The lowest BCUT2D eigenvalue weighted by molar-refractivity contribution is -0.117. The fraction of sp³-hybridized carbons (Fsp3) is 1.00. The van der Waals surface area contributed by atoms with Gasteiger partial charge in [-0.15, -0.1) is 0 Å². The predicted octanol–water partition coefficient (Wildman–Crippen LogP) is 2.81. The van der Waals surface area contributed by atoms with Gasteiger partial charge in [0.2, 0.25) is 0 Å². The van der Waals surface area contributed by atoms with Gasteiger partial charge in [-0.25, -0.2) is 0 Å². The van der Waals surface area contributed by atoms with Crippen molar-refractivity contribution >= 4 is 0 Å². The van der Waals surface area contributed by atoms with E-state index in [-0.39, 0.29) is 0 Å². The van der Waals surface area contributed by atoms with Crippen molar-refractivity contribution < 1.29 is 0 Å². The van der Waals surface area contributed by atoms with Crippen molar-refractivity contribution in [2.75, 3.05) is 7.05 Å².